The summed E-state index contributed by atoms with van der Waals surface area (Å²) < 4.78 is 5.22. The number of carbonyl (C=O) groups is 1. The molecule has 1 amide bonds. The second-order valence-electron chi connectivity index (χ2n) is 4.66. The quantitative estimate of drug-likeness (QED) is 0.906. The van der Waals surface area contributed by atoms with E-state index in [-0.39, 0.29) is 6.04 Å². The minimum Gasteiger partial charge on any atom is -0.497 e. The predicted octanol–water partition coefficient (Wildman–Crippen LogP) is 2.27. The summed E-state index contributed by atoms with van der Waals surface area (Å²) in [5.74, 6) is 0.825. The van der Waals surface area contributed by atoms with Crippen LogP contribution in [0.1, 0.15) is 13.3 Å². The van der Waals surface area contributed by atoms with Crippen LogP contribution in [0.15, 0.2) is 24.3 Å². The zero-order chi connectivity index (χ0) is 13.8. The lowest BCUT2D eigenvalue weighted by Crippen LogP contribution is -2.41. The first kappa shape index (κ1) is 13.5. The van der Waals surface area contributed by atoms with Crippen LogP contribution < -0.4 is 9.64 Å². The molecule has 0 saturated carbocycles. The summed E-state index contributed by atoms with van der Waals surface area (Å²) in [5, 5.41) is 9.16. The molecule has 1 N–H and O–H groups in total. The van der Waals surface area contributed by atoms with Gasteiger partial charge in [-0.2, -0.15) is 0 Å². The van der Waals surface area contributed by atoms with Gasteiger partial charge in [-0.3, -0.25) is 0 Å². The molecule has 0 bridgehead atoms. The summed E-state index contributed by atoms with van der Waals surface area (Å²) in [6.07, 6.45) is 0.0390. The van der Waals surface area contributed by atoms with E-state index in [2.05, 4.69) is 4.90 Å². The number of hydrogen-bond donors (Lipinski definition) is 1. The molecule has 1 unspecified atom stereocenters. The van der Waals surface area contributed by atoms with Crippen LogP contribution in [0.3, 0.4) is 0 Å². The van der Waals surface area contributed by atoms with E-state index >= 15 is 0 Å². The smallest absolute Gasteiger partial charge is 0.407 e. The van der Waals surface area contributed by atoms with Crippen LogP contribution in [0, 0.1) is 0 Å². The van der Waals surface area contributed by atoms with Gasteiger partial charge < -0.3 is 19.6 Å². The Labute approximate surface area is 113 Å². The molecule has 2 rings (SSSR count). The Balaban J connectivity index is 2.07. The summed E-state index contributed by atoms with van der Waals surface area (Å²) in [7, 11) is 1.65. The first-order chi connectivity index (χ1) is 9.15. The molecule has 19 heavy (non-hydrogen) atoms. The highest BCUT2D eigenvalue weighted by atomic mass is 16.5. The molecule has 5 nitrogen and oxygen atoms in total. The standard InChI is InChI=1S/C14H20N2O3/c1-3-16(14(17)18)12-7-8-15(10-12)11-5-4-6-13(9-11)19-2/h4-6,9,12H,3,7-8,10H2,1-2H3,(H,17,18). The Morgan fingerprint density at radius 1 is 1.58 bits per heavy atom. The van der Waals surface area contributed by atoms with Gasteiger partial charge in [-0.25, -0.2) is 4.79 Å². The fraction of sp³-hybridized carbons (Fsp3) is 0.500. The minimum absolute atomic E-state index is 0.0775. The van der Waals surface area contributed by atoms with Crippen molar-refractivity contribution in [1.29, 1.82) is 0 Å². The molecule has 1 saturated heterocycles. The van der Waals surface area contributed by atoms with Gasteiger partial charge in [-0.1, -0.05) is 6.07 Å². The number of hydrogen-bond acceptors (Lipinski definition) is 3. The van der Waals surface area contributed by atoms with Crippen molar-refractivity contribution in [2.45, 2.75) is 19.4 Å². The highest BCUT2D eigenvalue weighted by molar-refractivity contribution is 5.66. The van der Waals surface area contributed by atoms with Crippen LogP contribution >= 0.6 is 0 Å². The van der Waals surface area contributed by atoms with E-state index in [0.717, 1.165) is 30.9 Å². The van der Waals surface area contributed by atoms with Crippen molar-refractivity contribution in [3.05, 3.63) is 24.3 Å². The van der Waals surface area contributed by atoms with Crippen molar-refractivity contribution in [2.75, 3.05) is 31.6 Å². The largest absolute Gasteiger partial charge is 0.497 e. The van der Waals surface area contributed by atoms with Gasteiger partial charge in [0, 0.05) is 31.4 Å². The van der Waals surface area contributed by atoms with Crippen molar-refractivity contribution in [1.82, 2.24) is 4.90 Å². The zero-order valence-corrected chi connectivity index (χ0v) is 11.4. The lowest BCUT2D eigenvalue weighted by molar-refractivity contribution is 0.131. The van der Waals surface area contributed by atoms with Crippen molar-refractivity contribution < 1.29 is 14.6 Å². The number of nitrogens with zero attached hydrogens (tertiary/aromatic N) is 2. The average Bonchev–Trinajstić information content (AvgIpc) is 2.89. The average molecular weight is 264 g/mol. The molecule has 1 atom stereocenters. The van der Waals surface area contributed by atoms with Gasteiger partial charge in [0.1, 0.15) is 5.75 Å². The van der Waals surface area contributed by atoms with Crippen LogP contribution in [-0.2, 0) is 0 Å². The Morgan fingerprint density at radius 3 is 3.00 bits per heavy atom. The molecule has 1 fully saturated rings. The number of benzene rings is 1. The lowest BCUT2D eigenvalue weighted by Gasteiger charge is -2.25. The number of anilines is 1. The van der Waals surface area contributed by atoms with E-state index in [4.69, 9.17) is 9.84 Å². The first-order valence-electron chi connectivity index (χ1n) is 6.54. The van der Waals surface area contributed by atoms with Crippen LogP contribution in [0.5, 0.6) is 5.75 Å². The normalized spacial score (nSPS) is 18.4. The van der Waals surface area contributed by atoms with Gasteiger partial charge in [0.15, 0.2) is 0 Å². The Kier molecular flexibility index (Phi) is 4.14. The highest BCUT2D eigenvalue weighted by Gasteiger charge is 2.29. The maximum Gasteiger partial charge on any atom is 0.407 e. The molecule has 1 aliphatic rings. The van der Waals surface area contributed by atoms with Gasteiger partial charge in [0.25, 0.3) is 0 Å². The van der Waals surface area contributed by atoms with Crippen LogP contribution in [0.25, 0.3) is 0 Å². The Morgan fingerprint density at radius 2 is 2.37 bits per heavy atom. The molecule has 0 radical (unpaired) electrons. The number of methoxy groups -OCH3 is 1. The van der Waals surface area contributed by atoms with Crippen LogP contribution in [-0.4, -0.2) is 48.9 Å². The van der Waals surface area contributed by atoms with Crippen molar-refractivity contribution in [3.63, 3.8) is 0 Å². The van der Waals surface area contributed by atoms with E-state index in [1.54, 1.807) is 7.11 Å². The van der Waals surface area contributed by atoms with E-state index < -0.39 is 6.09 Å². The fourth-order valence-electron chi connectivity index (χ4n) is 2.59. The summed E-state index contributed by atoms with van der Waals surface area (Å²) in [4.78, 5) is 14.9. The number of rotatable bonds is 4. The van der Waals surface area contributed by atoms with E-state index in [1.165, 1.54) is 4.90 Å². The summed E-state index contributed by atoms with van der Waals surface area (Å²) >= 11 is 0. The number of ether oxygens (including phenoxy) is 1. The van der Waals surface area contributed by atoms with Gasteiger partial charge in [0.05, 0.1) is 13.2 Å². The topological polar surface area (TPSA) is 53.0 Å². The SMILES string of the molecule is CCN(C(=O)O)C1CCN(c2cccc(OC)c2)C1. The molecule has 1 aromatic carbocycles. The second kappa shape index (κ2) is 5.82. The van der Waals surface area contributed by atoms with E-state index in [9.17, 15) is 4.79 Å². The zero-order valence-electron chi connectivity index (χ0n) is 11.4. The summed E-state index contributed by atoms with van der Waals surface area (Å²) in [6, 6.07) is 7.96. The number of likely N-dealkylation sites (N-methyl/N-ethyl adjacent to an activating group) is 1. The van der Waals surface area contributed by atoms with Gasteiger partial charge >= 0.3 is 6.09 Å². The van der Waals surface area contributed by atoms with Crippen molar-refractivity contribution in [3.8, 4) is 5.75 Å². The van der Waals surface area contributed by atoms with Gasteiger partial charge in [-0.05, 0) is 25.5 Å². The lowest BCUT2D eigenvalue weighted by atomic mass is 10.2. The summed E-state index contributed by atoms with van der Waals surface area (Å²) in [5.41, 5.74) is 1.09. The van der Waals surface area contributed by atoms with Crippen LogP contribution in [0.4, 0.5) is 10.5 Å². The van der Waals surface area contributed by atoms with Gasteiger partial charge in [-0.15, -0.1) is 0 Å². The van der Waals surface area contributed by atoms with Crippen LogP contribution in [0.2, 0.25) is 0 Å². The number of amides is 1. The molecule has 0 spiro atoms. The number of carboxylic acid groups (broad SMARTS) is 1. The Bertz CT molecular complexity index is 450. The second-order valence-corrected chi connectivity index (χ2v) is 4.66. The predicted molar refractivity (Wildman–Crippen MR) is 74.0 cm³/mol. The first-order valence-corrected chi connectivity index (χ1v) is 6.54. The molecule has 1 aromatic rings. The molecular weight excluding hydrogens is 244 g/mol. The van der Waals surface area contributed by atoms with Crippen molar-refractivity contribution >= 4 is 11.8 Å². The molecule has 104 valence electrons. The highest BCUT2D eigenvalue weighted by Crippen LogP contribution is 2.26. The van der Waals surface area contributed by atoms with E-state index in [0.29, 0.717) is 6.54 Å². The third-order valence-electron chi connectivity index (χ3n) is 3.61. The molecule has 5 heteroatoms. The van der Waals surface area contributed by atoms with E-state index in [1.807, 2.05) is 31.2 Å². The third kappa shape index (κ3) is 2.92. The molecule has 1 aliphatic heterocycles. The maximum absolute atomic E-state index is 11.1. The fourth-order valence-corrected chi connectivity index (χ4v) is 2.59. The molecule has 0 aromatic heterocycles. The minimum atomic E-state index is -0.833. The van der Waals surface area contributed by atoms with Gasteiger partial charge in [0.2, 0.25) is 0 Å². The third-order valence-corrected chi connectivity index (χ3v) is 3.61. The monoisotopic (exact) mass is 264 g/mol. The molecule has 0 aliphatic carbocycles. The molecular formula is C14H20N2O3. The Hall–Kier alpha value is -1.91. The maximum atomic E-state index is 11.1. The van der Waals surface area contributed by atoms with Crippen molar-refractivity contribution in [2.24, 2.45) is 0 Å². The molecule has 1 heterocycles. The summed E-state index contributed by atoms with van der Waals surface area (Å²) in [6.45, 7) is 4.03.